The highest BCUT2D eigenvalue weighted by Crippen LogP contribution is 2.44. The zero-order valence-electron chi connectivity index (χ0n) is 21.4. The molecule has 2 aromatic rings. The monoisotopic (exact) mass is 560 g/mol. The van der Waals surface area contributed by atoms with E-state index in [4.69, 9.17) is 4.74 Å². The molecule has 2 aliphatic heterocycles. The van der Waals surface area contributed by atoms with Gasteiger partial charge in [-0.1, -0.05) is 0 Å². The van der Waals surface area contributed by atoms with Crippen LogP contribution >= 0.6 is 11.3 Å². The molecule has 3 aliphatic rings. The van der Waals surface area contributed by atoms with Crippen molar-refractivity contribution in [1.29, 1.82) is 0 Å². The summed E-state index contributed by atoms with van der Waals surface area (Å²) < 4.78 is 67.6. The van der Waals surface area contributed by atoms with Gasteiger partial charge in [-0.15, -0.1) is 11.3 Å². The molecule has 1 saturated carbocycles. The van der Waals surface area contributed by atoms with Gasteiger partial charge in [-0.2, -0.15) is 23.1 Å². The molecule has 1 atom stereocenters. The molecule has 5 rings (SSSR count). The van der Waals surface area contributed by atoms with Gasteiger partial charge in [0.25, 0.3) is 0 Å². The van der Waals surface area contributed by atoms with Crippen molar-refractivity contribution in [1.82, 2.24) is 14.9 Å². The van der Waals surface area contributed by atoms with Gasteiger partial charge in [-0.05, 0) is 63.0 Å². The van der Waals surface area contributed by atoms with Crippen molar-refractivity contribution in [3.8, 4) is 6.01 Å². The van der Waals surface area contributed by atoms with Crippen molar-refractivity contribution in [2.45, 2.75) is 51.1 Å². The highest BCUT2D eigenvalue weighted by atomic mass is 32.2. The maximum absolute atomic E-state index is 13.0. The van der Waals surface area contributed by atoms with Gasteiger partial charge in [0.15, 0.2) is 0 Å². The predicted octanol–water partition coefficient (Wildman–Crippen LogP) is 4.56. The highest BCUT2D eigenvalue weighted by Gasteiger charge is 2.44. The molecule has 0 bridgehead atoms. The summed E-state index contributed by atoms with van der Waals surface area (Å²) in [4.78, 5) is 14.4. The lowest BCUT2D eigenvalue weighted by Gasteiger charge is -2.32. The van der Waals surface area contributed by atoms with Crippen molar-refractivity contribution >= 4 is 37.2 Å². The highest BCUT2D eigenvalue weighted by molar-refractivity contribution is 7.90. The first kappa shape index (κ1) is 26.9. The van der Waals surface area contributed by atoms with Crippen LogP contribution in [0, 0.1) is 17.3 Å². The van der Waals surface area contributed by atoms with Crippen molar-refractivity contribution in [3.63, 3.8) is 0 Å². The maximum Gasteiger partial charge on any atom is 0.393 e. The first-order valence-electron chi connectivity index (χ1n) is 13.0. The van der Waals surface area contributed by atoms with E-state index in [0.717, 1.165) is 82.6 Å². The van der Waals surface area contributed by atoms with E-state index in [2.05, 4.69) is 19.8 Å². The largest absolute Gasteiger partial charge is 0.467 e. The fourth-order valence-electron chi connectivity index (χ4n) is 6.56. The van der Waals surface area contributed by atoms with E-state index >= 15 is 0 Å². The van der Waals surface area contributed by atoms with Crippen LogP contribution in [0.15, 0.2) is 6.07 Å². The summed E-state index contributed by atoms with van der Waals surface area (Å²) in [7, 11) is -1.44. The number of halogens is 3. The van der Waals surface area contributed by atoms with Crippen molar-refractivity contribution in [2.24, 2.45) is 17.3 Å². The lowest BCUT2D eigenvalue weighted by molar-refractivity contribution is -0.126. The van der Waals surface area contributed by atoms with Crippen LogP contribution in [0.1, 0.15) is 43.4 Å². The lowest BCUT2D eigenvalue weighted by Crippen LogP contribution is -2.34. The SMILES string of the molecule is COc1nc(N2CCC3(CCN(CC4CCC(CS(C)(=O)=O)CC4)C3)C2)c2cc(CC(F)(F)F)sc2n1. The first-order chi connectivity index (χ1) is 17.4. The number of anilines is 1. The molecule has 0 amide bonds. The van der Waals surface area contributed by atoms with Crippen molar-refractivity contribution in [2.75, 3.05) is 56.7 Å². The normalized spacial score (nSPS) is 27.5. The Morgan fingerprint density at radius 1 is 1.11 bits per heavy atom. The molecule has 0 radical (unpaired) electrons. The number of methoxy groups -OCH3 is 1. The molecule has 7 nitrogen and oxygen atoms in total. The first-order valence-corrected chi connectivity index (χ1v) is 15.8. The standard InChI is InChI=1S/C25H35F3N4O3S2/c1-35-23-29-21(20-11-19(12-25(26,27)28)36-22(20)30-23)32-10-8-24(16-32)7-9-31(15-24)13-17-3-5-18(6-4-17)14-37(2,33)34/h11,17-18H,3-10,12-16H2,1-2H3. The van der Waals surface area contributed by atoms with Crippen LogP contribution in [0.3, 0.4) is 0 Å². The molecule has 206 valence electrons. The van der Waals surface area contributed by atoms with Crippen LogP contribution in [-0.2, 0) is 16.3 Å². The minimum Gasteiger partial charge on any atom is -0.467 e. The van der Waals surface area contributed by atoms with Gasteiger partial charge in [-0.25, -0.2) is 8.42 Å². The number of likely N-dealkylation sites (tertiary alicyclic amines) is 1. The summed E-state index contributed by atoms with van der Waals surface area (Å²) in [6.45, 7) is 4.76. The average Bonchev–Trinajstić information content (AvgIpc) is 3.51. The summed E-state index contributed by atoms with van der Waals surface area (Å²) in [6, 6.07) is 1.78. The Labute approximate surface area is 220 Å². The molecule has 1 aliphatic carbocycles. The predicted molar refractivity (Wildman–Crippen MR) is 139 cm³/mol. The Morgan fingerprint density at radius 3 is 2.49 bits per heavy atom. The number of hydrogen-bond acceptors (Lipinski definition) is 8. The molecule has 37 heavy (non-hydrogen) atoms. The fourth-order valence-corrected chi connectivity index (χ4v) is 8.80. The summed E-state index contributed by atoms with van der Waals surface area (Å²) in [5.41, 5.74) is 0.156. The minimum atomic E-state index is -4.27. The van der Waals surface area contributed by atoms with E-state index in [0.29, 0.717) is 33.6 Å². The van der Waals surface area contributed by atoms with Gasteiger partial charge < -0.3 is 14.5 Å². The minimum absolute atomic E-state index is 0.156. The van der Waals surface area contributed by atoms with Crippen molar-refractivity contribution < 1.29 is 26.3 Å². The molecule has 12 heteroatoms. The van der Waals surface area contributed by atoms with E-state index in [1.165, 1.54) is 13.4 Å². The van der Waals surface area contributed by atoms with E-state index in [-0.39, 0.29) is 16.3 Å². The Morgan fingerprint density at radius 2 is 1.81 bits per heavy atom. The number of thiophene rings is 1. The number of alkyl halides is 3. The number of ether oxygens (including phenoxy) is 1. The third-order valence-corrected chi connectivity index (χ3v) is 10.3. The number of nitrogens with zero attached hydrogens (tertiary/aromatic N) is 4. The van der Waals surface area contributed by atoms with E-state index in [1.807, 2.05) is 0 Å². The summed E-state index contributed by atoms with van der Waals surface area (Å²) in [5, 5.41) is 0.669. The molecule has 2 aromatic heterocycles. The molecular formula is C25H35F3N4O3S2. The molecular weight excluding hydrogens is 525 g/mol. The molecule has 1 unspecified atom stereocenters. The quantitative estimate of drug-likeness (QED) is 0.492. The van der Waals surface area contributed by atoms with Crippen LogP contribution in [0.5, 0.6) is 6.01 Å². The lowest BCUT2D eigenvalue weighted by atomic mass is 9.82. The molecule has 3 fully saturated rings. The number of aromatic nitrogens is 2. The maximum atomic E-state index is 13.0. The Kier molecular flexibility index (Phi) is 7.38. The van der Waals surface area contributed by atoms with Crippen molar-refractivity contribution in [3.05, 3.63) is 10.9 Å². The van der Waals surface area contributed by atoms with Crippen LogP contribution < -0.4 is 9.64 Å². The summed E-state index contributed by atoms with van der Waals surface area (Å²) >= 11 is 1.05. The fraction of sp³-hybridized carbons (Fsp3) is 0.760. The van der Waals surface area contributed by atoms with Crippen LogP contribution in [0.25, 0.3) is 10.2 Å². The smallest absolute Gasteiger partial charge is 0.393 e. The number of hydrogen-bond donors (Lipinski definition) is 0. The van der Waals surface area contributed by atoms with E-state index in [9.17, 15) is 21.6 Å². The third kappa shape index (κ3) is 6.50. The van der Waals surface area contributed by atoms with Gasteiger partial charge in [0.05, 0.1) is 24.7 Å². The third-order valence-electron chi connectivity index (χ3n) is 8.24. The molecule has 4 heterocycles. The Bertz CT molecular complexity index is 1230. The average molecular weight is 561 g/mol. The molecule has 0 N–H and O–H groups in total. The summed E-state index contributed by atoms with van der Waals surface area (Å²) in [6.07, 6.45) is 2.39. The van der Waals surface area contributed by atoms with Gasteiger partial charge in [0, 0.05) is 42.7 Å². The Hall–Kier alpha value is -1.66. The zero-order chi connectivity index (χ0) is 26.4. The van der Waals surface area contributed by atoms with Crippen LogP contribution in [-0.4, -0.2) is 81.3 Å². The topological polar surface area (TPSA) is 75.6 Å². The second kappa shape index (κ2) is 10.1. The number of fused-ring (bicyclic) bond motifs is 1. The van der Waals surface area contributed by atoms with E-state index < -0.39 is 22.4 Å². The molecule has 2 saturated heterocycles. The summed E-state index contributed by atoms with van der Waals surface area (Å²) in [5.74, 6) is 1.90. The van der Waals surface area contributed by atoms with Gasteiger partial charge in [0.2, 0.25) is 0 Å². The second-order valence-corrected chi connectivity index (χ2v) is 14.7. The number of rotatable bonds is 7. The molecule has 0 aromatic carbocycles. The van der Waals surface area contributed by atoms with Gasteiger partial charge in [0.1, 0.15) is 20.5 Å². The zero-order valence-corrected chi connectivity index (χ0v) is 23.0. The van der Waals surface area contributed by atoms with Gasteiger partial charge >= 0.3 is 12.2 Å². The number of sulfone groups is 1. The van der Waals surface area contributed by atoms with E-state index in [1.54, 1.807) is 6.07 Å². The van der Waals surface area contributed by atoms with Crippen LogP contribution in [0.4, 0.5) is 19.0 Å². The Balaban J connectivity index is 1.23. The van der Waals surface area contributed by atoms with Gasteiger partial charge in [-0.3, -0.25) is 0 Å². The van der Waals surface area contributed by atoms with Crippen LogP contribution in [0.2, 0.25) is 0 Å². The second-order valence-electron chi connectivity index (χ2n) is 11.4. The molecule has 1 spiro atoms.